The van der Waals surface area contributed by atoms with Crippen LogP contribution in [0.15, 0.2) is 54.6 Å². The van der Waals surface area contributed by atoms with Gasteiger partial charge in [-0.05, 0) is 37.0 Å². The topological polar surface area (TPSA) is 43.9 Å². The summed E-state index contributed by atoms with van der Waals surface area (Å²) in [5, 5.41) is 0. The van der Waals surface area contributed by atoms with E-state index in [1.54, 1.807) is 12.1 Å². The van der Waals surface area contributed by atoms with Crippen LogP contribution < -0.4 is 4.90 Å². The van der Waals surface area contributed by atoms with Gasteiger partial charge in [0.1, 0.15) is 5.82 Å². The number of halogens is 1. The van der Waals surface area contributed by atoms with Gasteiger partial charge in [-0.2, -0.15) is 0 Å². The molecule has 0 N–H and O–H groups in total. The molecule has 3 aliphatic rings. The Hall–Kier alpha value is -2.89. The average molecular weight is 464 g/mol. The van der Waals surface area contributed by atoms with E-state index >= 15 is 0 Å². The van der Waals surface area contributed by atoms with Gasteiger partial charge in [-0.1, -0.05) is 55.3 Å². The molecule has 2 saturated heterocycles. The van der Waals surface area contributed by atoms with Crippen molar-refractivity contribution in [2.45, 2.75) is 38.0 Å². The number of benzene rings is 2. The van der Waals surface area contributed by atoms with Gasteiger partial charge in [0.25, 0.3) is 0 Å². The first-order valence-corrected chi connectivity index (χ1v) is 12.7. The van der Waals surface area contributed by atoms with Gasteiger partial charge in [0, 0.05) is 51.1 Å². The van der Waals surface area contributed by atoms with Crippen molar-refractivity contribution in [3.05, 3.63) is 66.0 Å². The van der Waals surface area contributed by atoms with Crippen LogP contribution in [-0.2, 0) is 9.59 Å². The van der Waals surface area contributed by atoms with Crippen LogP contribution in [0.1, 0.15) is 43.6 Å². The zero-order valence-electron chi connectivity index (χ0n) is 19.7. The molecule has 2 aliphatic heterocycles. The summed E-state index contributed by atoms with van der Waals surface area (Å²) in [5.41, 5.74) is 1.80. The highest BCUT2D eigenvalue weighted by Gasteiger charge is 2.39. The summed E-state index contributed by atoms with van der Waals surface area (Å²) in [4.78, 5) is 32.9. The maximum Gasteiger partial charge on any atom is 0.227 e. The Bertz CT molecular complexity index is 1000. The van der Waals surface area contributed by atoms with E-state index < -0.39 is 0 Å². The van der Waals surface area contributed by atoms with Crippen LogP contribution >= 0.6 is 0 Å². The van der Waals surface area contributed by atoms with E-state index in [1.807, 2.05) is 39.0 Å². The SMILES string of the molecule is O=C(C1CCCC1)N1C[C@H](C(=O)N2CCN(c3ccccc3F)CC2)C[C@H](c2ccccc2)C1. The smallest absolute Gasteiger partial charge is 0.227 e. The molecule has 0 bridgehead atoms. The summed E-state index contributed by atoms with van der Waals surface area (Å²) in [6.07, 6.45) is 4.97. The molecule has 34 heavy (non-hydrogen) atoms. The van der Waals surface area contributed by atoms with Gasteiger partial charge in [0.2, 0.25) is 11.8 Å². The van der Waals surface area contributed by atoms with Crippen molar-refractivity contribution in [2.75, 3.05) is 44.2 Å². The Morgan fingerprint density at radius 2 is 1.38 bits per heavy atom. The monoisotopic (exact) mass is 463 g/mol. The molecule has 5 rings (SSSR count). The highest BCUT2D eigenvalue weighted by atomic mass is 19.1. The molecule has 2 amide bonds. The molecule has 6 heteroatoms. The third-order valence-corrected chi connectivity index (χ3v) is 7.87. The zero-order valence-corrected chi connectivity index (χ0v) is 19.7. The van der Waals surface area contributed by atoms with E-state index in [-0.39, 0.29) is 35.4 Å². The van der Waals surface area contributed by atoms with Crippen LogP contribution in [0.3, 0.4) is 0 Å². The fourth-order valence-corrected chi connectivity index (χ4v) is 5.99. The fourth-order valence-electron chi connectivity index (χ4n) is 5.99. The van der Waals surface area contributed by atoms with Crippen molar-refractivity contribution < 1.29 is 14.0 Å². The standard InChI is InChI=1S/C28H34FN3O2/c29-25-12-6-7-13-26(25)30-14-16-31(17-15-30)28(34)24-18-23(21-8-2-1-3-9-21)19-32(20-24)27(33)22-10-4-5-11-22/h1-3,6-9,12-13,22-24H,4-5,10-11,14-20H2/t23-,24+/m0/s1. The van der Waals surface area contributed by atoms with E-state index in [0.29, 0.717) is 45.0 Å². The number of carbonyl (C=O) groups is 2. The fraction of sp³-hybridized carbons (Fsp3) is 0.500. The number of carbonyl (C=O) groups excluding carboxylic acids is 2. The van der Waals surface area contributed by atoms with Crippen molar-refractivity contribution in [1.82, 2.24) is 9.80 Å². The lowest BCUT2D eigenvalue weighted by Gasteiger charge is -2.42. The predicted octanol–water partition coefficient (Wildman–Crippen LogP) is 4.30. The Morgan fingerprint density at radius 3 is 2.09 bits per heavy atom. The first-order valence-electron chi connectivity index (χ1n) is 12.7. The number of nitrogens with zero attached hydrogens (tertiary/aromatic N) is 3. The molecule has 180 valence electrons. The molecule has 1 aliphatic carbocycles. The summed E-state index contributed by atoms with van der Waals surface area (Å²) in [7, 11) is 0. The summed E-state index contributed by atoms with van der Waals surface area (Å²) in [5.74, 6) is 0.257. The Labute approximate surface area is 201 Å². The van der Waals surface area contributed by atoms with Gasteiger partial charge in [0.15, 0.2) is 0 Å². The molecule has 2 heterocycles. The molecule has 0 spiro atoms. The molecule has 2 aromatic carbocycles. The van der Waals surface area contributed by atoms with Gasteiger partial charge >= 0.3 is 0 Å². The van der Waals surface area contributed by atoms with Gasteiger partial charge in [-0.3, -0.25) is 9.59 Å². The molecular formula is C28H34FN3O2. The third-order valence-electron chi connectivity index (χ3n) is 7.87. The highest BCUT2D eigenvalue weighted by molar-refractivity contribution is 5.83. The largest absolute Gasteiger partial charge is 0.366 e. The number of anilines is 1. The van der Waals surface area contributed by atoms with Crippen molar-refractivity contribution in [2.24, 2.45) is 11.8 Å². The van der Waals surface area contributed by atoms with Crippen molar-refractivity contribution >= 4 is 17.5 Å². The number of rotatable bonds is 4. The van der Waals surface area contributed by atoms with Gasteiger partial charge < -0.3 is 14.7 Å². The predicted molar refractivity (Wildman–Crippen MR) is 131 cm³/mol. The average Bonchev–Trinajstić information content (AvgIpc) is 3.44. The number of amides is 2. The van der Waals surface area contributed by atoms with Crippen LogP contribution in [0, 0.1) is 17.7 Å². The molecule has 2 aromatic rings. The normalized spacial score (nSPS) is 23.9. The number of piperidine rings is 1. The number of hydrogen-bond acceptors (Lipinski definition) is 3. The molecule has 1 saturated carbocycles. The number of para-hydroxylation sites is 1. The van der Waals surface area contributed by atoms with Crippen molar-refractivity contribution in [1.29, 1.82) is 0 Å². The molecule has 5 nitrogen and oxygen atoms in total. The Kier molecular flexibility index (Phi) is 6.84. The summed E-state index contributed by atoms with van der Waals surface area (Å²) >= 11 is 0. The molecule has 3 fully saturated rings. The summed E-state index contributed by atoms with van der Waals surface area (Å²) in [6, 6.07) is 17.1. The molecule has 0 unspecified atom stereocenters. The van der Waals surface area contributed by atoms with E-state index in [1.165, 1.54) is 11.6 Å². The molecular weight excluding hydrogens is 429 g/mol. The number of hydrogen-bond donors (Lipinski definition) is 0. The highest BCUT2D eigenvalue weighted by Crippen LogP contribution is 2.35. The lowest BCUT2D eigenvalue weighted by Crippen LogP contribution is -2.54. The van der Waals surface area contributed by atoms with Gasteiger partial charge in [-0.25, -0.2) is 4.39 Å². The molecule has 0 radical (unpaired) electrons. The lowest BCUT2D eigenvalue weighted by atomic mass is 9.83. The maximum atomic E-state index is 14.2. The number of likely N-dealkylation sites (tertiary alicyclic amines) is 1. The second-order valence-electron chi connectivity index (χ2n) is 10.0. The first kappa shape index (κ1) is 22.9. The van der Waals surface area contributed by atoms with Crippen molar-refractivity contribution in [3.63, 3.8) is 0 Å². The molecule has 2 atom stereocenters. The van der Waals surface area contributed by atoms with Crippen LogP contribution in [0.2, 0.25) is 0 Å². The zero-order chi connectivity index (χ0) is 23.5. The number of piperazine rings is 1. The second kappa shape index (κ2) is 10.2. The quantitative estimate of drug-likeness (QED) is 0.679. The van der Waals surface area contributed by atoms with Crippen molar-refractivity contribution in [3.8, 4) is 0 Å². The minimum atomic E-state index is -0.221. The minimum Gasteiger partial charge on any atom is -0.366 e. The Morgan fingerprint density at radius 1 is 0.735 bits per heavy atom. The maximum absolute atomic E-state index is 14.2. The van der Waals surface area contributed by atoms with Crippen LogP contribution in [0.5, 0.6) is 0 Å². The third kappa shape index (κ3) is 4.82. The van der Waals surface area contributed by atoms with E-state index in [4.69, 9.17) is 0 Å². The van der Waals surface area contributed by atoms with Crippen LogP contribution in [0.4, 0.5) is 10.1 Å². The van der Waals surface area contributed by atoms with E-state index in [2.05, 4.69) is 12.1 Å². The van der Waals surface area contributed by atoms with E-state index in [0.717, 1.165) is 32.1 Å². The minimum absolute atomic E-state index is 0.120. The van der Waals surface area contributed by atoms with Crippen LogP contribution in [0.25, 0.3) is 0 Å². The Balaban J connectivity index is 1.28. The lowest BCUT2D eigenvalue weighted by molar-refractivity contribution is -0.143. The first-order chi connectivity index (χ1) is 16.6. The summed E-state index contributed by atoms with van der Waals surface area (Å²) < 4.78 is 14.2. The van der Waals surface area contributed by atoms with Gasteiger partial charge in [-0.15, -0.1) is 0 Å². The molecule has 0 aromatic heterocycles. The van der Waals surface area contributed by atoms with Gasteiger partial charge in [0.05, 0.1) is 11.6 Å². The van der Waals surface area contributed by atoms with E-state index in [9.17, 15) is 14.0 Å². The second-order valence-corrected chi connectivity index (χ2v) is 10.0. The summed E-state index contributed by atoms with van der Waals surface area (Å²) in [6.45, 7) is 3.61. The van der Waals surface area contributed by atoms with Crippen LogP contribution in [-0.4, -0.2) is 60.9 Å².